The van der Waals surface area contributed by atoms with E-state index in [9.17, 15) is 10.2 Å². The molecule has 2 heterocycles. The lowest BCUT2D eigenvalue weighted by molar-refractivity contribution is 0.157. The summed E-state index contributed by atoms with van der Waals surface area (Å²) in [5.41, 5.74) is 2.26. The normalized spacial score (nSPS) is 16.3. The van der Waals surface area contributed by atoms with Crippen LogP contribution in [0.5, 0.6) is 5.75 Å². The van der Waals surface area contributed by atoms with Crippen LogP contribution in [-0.2, 0) is 6.61 Å². The molecular weight excluding hydrogens is 337 g/mol. The number of aliphatic hydroxyl groups is 1. The van der Waals surface area contributed by atoms with Crippen LogP contribution in [0, 0.1) is 6.92 Å². The zero-order valence-electron chi connectivity index (χ0n) is 13.9. The molecule has 1 atom stereocenters. The molecule has 0 amide bonds. The summed E-state index contributed by atoms with van der Waals surface area (Å²) in [7, 11) is 0. The highest BCUT2D eigenvalue weighted by Gasteiger charge is 2.27. The highest BCUT2D eigenvalue weighted by molar-refractivity contribution is 5.85. The van der Waals surface area contributed by atoms with Crippen molar-refractivity contribution in [2.24, 2.45) is 0 Å². The van der Waals surface area contributed by atoms with Crippen LogP contribution in [0.3, 0.4) is 0 Å². The maximum absolute atomic E-state index is 10.5. The number of aryl methyl sites for hydroxylation is 1. The molecule has 1 saturated heterocycles. The molecule has 2 rings (SSSR count). The molecule has 0 aliphatic carbocycles. The molecule has 1 aliphatic heterocycles. The van der Waals surface area contributed by atoms with Crippen molar-refractivity contribution in [3.05, 3.63) is 23.0 Å². The Hall–Kier alpha value is -0.590. The first-order chi connectivity index (χ1) is 10.2. The van der Waals surface area contributed by atoms with E-state index in [1.54, 1.807) is 6.20 Å². The Bertz CT molecular complexity index is 469. The van der Waals surface area contributed by atoms with Crippen molar-refractivity contribution in [2.75, 3.05) is 26.2 Å². The molecule has 1 aliphatic rings. The Balaban J connectivity index is 0.00000242. The average molecular weight is 366 g/mol. The molecule has 23 heavy (non-hydrogen) atoms. The third-order valence-corrected chi connectivity index (χ3v) is 4.28. The number of aromatic hydroxyl groups is 1. The predicted octanol–water partition coefficient (Wildman–Crippen LogP) is 2.57. The van der Waals surface area contributed by atoms with Crippen LogP contribution in [0.2, 0.25) is 0 Å². The average Bonchev–Trinajstić information content (AvgIpc) is 2.52. The van der Waals surface area contributed by atoms with Crippen LogP contribution in [0.25, 0.3) is 0 Å². The topological polar surface area (TPSA) is 68.6 Å². The molecule has 1 fully saturated rings. The Kier molecular flexibility index (Phi) is 10.8. The standard InChI is InChI=1S/C16H27N3O2.2ClH/c1-3-4-5-14(19-8-6-17-7-9-19)15-13(11-20)10-18-12(2)16(15)21;;/h10,14,17,20-21H,3-9,11H2,1-2H3;2*1H/t14-;;/m1../s1. The molecule has 7 heteroatoms. The zero-order chi connectivity index (χ0) is 15.2. The molecule has 0 aromatic carbocycles. The third-order valence-electron chi connectivity index (χ3n) is 4.28. The minimum absolute atomic E-state index is 0. The number of aromatic nitrogens is 1. The van der Waals surface area contributed by atoms with Crippen LogP contribution in [0.1, 0.15) is 49.0 Å². The van der Waals surface area contributed by atoms with Gasteiger partial charge in [0.1, 0.15) is 5.75 Å². The quantitative estimate of drug-likeness (QED) is 0.722. The number of piperazine rings is 1. The molecule has 5 nitrogen and oxygen atoms in total. The fourth-order valence-electron chi connectivity index (χ4n) is 3.05. The van der Waals surface area contributed by atoms with Gasteiger partial charge in [-0.1, -0.05) is 19.8 Å². The van der Waals surface area contributed by atoms with E-state index in [-0.39, 0.29) is 43.2 Å². The lowest BCUT2D eigenvalue weighted by Crippen LogP contribution is -2.45. The van der Waals surface area contributed by atoms with Crippen molar-refractivity contribution in [3.8, 4) is 5.75 Å². The minimum Gasteiger partial charge on any atom is -0.506 e. The van der Waals surface area contributed by atoms with Crippen molar-refractivity contribution in [3.63, 3.8) is 0 Å². The van der Waals surface area contributed by atoms with E-state index in [0.29, 0.717) is 5.69 Å². The second-order valence-corrected chi connectivity index (χ2v) is 5.73. The molecule has 0 unspecified atom stereocenters. The van der Waals surface area contributed by atoms with Crippen LogP contribution in [0.4, 0.5) is 0 Å². The summed E-state index contributed by atoms with van der Waals surface area (Å²) in [4.78, 5) is 6.59. The van der Waals surface area contributed by atoms with Gasteiger partial charge in [-0.3, -0.25) is 9.88 Å². The molecule has 0 bridgehead atoms. The maximum Gasteiger partial charge on any atom is 0.141 e. The van der Waals surface area contributed by atoms with E-state index >= 15 is 0 Å². The van der Waals surface area contributed by atoms with Gasteiger partial charge in [-0.15, -0.1) is 24.8 Å². The van der Waals surface area contributed by atoms with Crippen molar-refractivity contribution < 1.29 is 10.2 Å². The number of hydrogen-bond acceptors (Lipinski definition) is 5. The summed E-state index contributed by atoms with van der Waals surface area (Å²) in [5, 5.41) is 23.5. The fraction of sp³-hybridized carbons (Fsp3) is 0.688. The van der Waals surface area contributed by atoms with E-state index in [4.69, 9.17) is 0 Å². The first-order valence-corrected chi connectivity index (χ1v) is 7.92. The lowest BCUT2D eigenvalue weighted by Gasteiger charge is -2.36. The third kappa shape index (κ3) is 5.47. The Labute approximate surface area is 151 Å². The predicted molar refractivity (Wildman–Crippen MR) is 97.8 cm³/mol. The van der Waals surface area contributed by atoms with Crippen molar-refractivity contribution in [1.29, 1.82) is 0 Å². The Morgan fingerprint density at radius 1 is 1.30 bits per heavy atom. The van der Waals surface area contributed by atoms with Gasteiger partial charge in [-0.05, 0) is 13.3 Å². The smallest absolute Gasteiger partial charge is 0.141 e. The summed E-state index contributed by atoms with van der Waals surface area (Å²) in [6.45, 7) is 7.81. The second kappa shape index (κ2) is 11.0. The first kappa shape index (κ1) is 22.4. The van der Waals surface area contributed by atoms with Crippen molar-refractivity contribution in [1.82, 2.24) is 15.2 Å². The number of aliphatic hydroxyl groups excluding tert-OH is 1. The van der Waals surface area contributed by atoms with Crippen LogP contribution < -0.4 is 5.32 Å². The molecular formula is C16H29Cl2N3O2. The molecule has 3 N–H and O–H groups in total. The molecule has 0 spiro atoms. The van der Waals surface area contributed by atoms with Gasteiger partial charge in [0.25, 0.3) is 0 Å². The molecule has 0 radical (unpaired) electrons. The number of pyridine rings is 1. The molecule has 134 valence electrons. The van der Waals surface area contributed by atoms with E-state index < -0.39 is 0 Å². The number of rotatable bonds is 6. The monoisotopic (exact) mass is 365 g/mol. The minimum atomic E-state index is -0.0785. The molecule has 0 saturated carbocycles. The SMILES string of the molecule is CCCC[C@H](c1c(CO)cnc(C)c1O)N1CCNCC1.Cl.Cl. The van der Waals surface area contributed by atoms with E-state index in [0.717, 1.165) is 56.6 Å². The van der Waals surface area contributed by atoms with Gasteiger partial charge in [0, 0.05) is 49.5 Å². The van der Waals surface area contributed by atoms with Gasteiger partial charge in [0.2, 0.25) is 0 Å². The number of unbranched alkanes of at least 4 members (excludes halogenated alkanes) is 1. The summed E-state index contributed by atoms with van der Waals surface area (Å²) < 4.78 is 0. The van der Waals surface area contributed by atoms with E-state index in [1.807, 2.05) is 6.92 Å². The Morgan fingerprint density at radius 2 is 1.96 bits per heavy atom. The maximum atomic E-state index is 10.5. The van der Waals surface area contributed by atoms with Gasteiger partial charge < -0.3 is 15.5 Å². The summed E-state index contributed by atoms with van der Waals surface area (Å²) >= 11 is 0. The summed E-state index contributed by atoms with van der Waals surface area (Å²) in [5.74, 6) is 0.251. The molecule has 1 aromatic rings. The number of halogens is 2. The largest absolute Gasteiger partial charge is 0.506 e. The van der Waals surface area contributed by atoms with E-state index in [1.165, 1.54) is 0 Å². The number of hydrogen-bond donors (Lipinski definition) is 3. The number of nitrogens with one attached hydrogen (secondary N) is 1. The Morgan fingerprint density at radius 3 is 2.52 bits per heavy atom. The molecule has 1 aromatic heterocycles. The fourth-order valence-corrected chi connectivity index (χ4v) is 3.05. The van der Waals surface area contributed by atoms with Gasteiger partial charge in [0.05, 0.1) is 12.3 Å². The van der Waals surface area contributed by atoms with Gasteiger partial charge in [-0.25, -0.2) is 0 Å². The van der Waals surface area contributed by atoms with Crippen LogP contribution in [0.15, 0.2) is 6.20 Å². The number of nitrogens with zero attached hydrogens (tertiary/aromatic N) is 2. The second-order valence-electron chi connectivity index (χ2n) is 5.73. The zero-order valence-corrected chi connectivity index (χ0v) is 15.5. The lowest BCUT2D eigenvalue weighted by atomic mass is 9.94. The highest BCUT2D eigenvalue weighted by atomic mass is 35.5. The van der Waals surface area contributed by atoms with Crippen molar-refractivity contribution >= 4 is 24.8 Å². The van der Waals surface area contributed by atoms with E-state index in [2.05, 4.69) is 22.1 Å². The summed E-state index contributed by atoms with van der Waals surface area (Å²) in [6.07, 6.45) is 4.94. The van der Waals surface area contributed by atoms with Gasteiger partial charge in [-0.2, -0.15) is 0 Å². The first-order valence-electron chi connectivity index (χ1n) is 7.92. The van der Waals surface area contributed by atoms with Gasteiger partial charge >= 0.3 is 0 Å². The van der Waals surface area contributed by atoms with Gasteiger partial charge in [0.15, 0.2) is 0 Å². The highest BCUT2D eigenvalue weighted by Crippen LogP contribution is 2.36. The van der Waals surface area contributed by atoms with Crippen molar-refractivity contribution in [2.45, 2.75) is 45.8 Å². The van der Waals surface area contributed by atoms with Crippen LogP contribution >= 0.6 is 24.8 Å². The van der Waals surface area contributed by atoms with Crippen LogP contribution in [-0.4, -0.2) is 46.3 Å². The summed E-state index contributed by atoms with van der Waals surface area (Å²) in [6, 6.07) is 0.163.